The van der Waals surface area contributed by atoms with E-state index in [1.54, 1.807) is 38.3 Å². The number of anilines is 1. The van der Waals surface area contributed by atoms with Crippen molar-refractivity contribution in [1.82, 2.24) is 0 Å². The van der Waals surface area contributed by atoms with Crippen molar-refractivity contribution in [3.8, 4) is 23.1 Å². The summed E-state index contributed by atoms with van der Waals surface area (Å²) in [5, 5.41) is 12.0. The van der Waals surface area contributed by atoms with Gasteiger partial charge in [0.15, 0.2) is 0 Å². The maximum atomic E-state index is 12.5. The predicted molar refractivity (Wildman–Crippen MR) is 115 cm³/mol. The molecule has 1 heterocycles. The van der Waals surface area contributed by atoms with Crippen molar-refractivity contribution in [3.05, 3.63) is 77.6 Å². The van der Waals surface area contributed by atoms with Gasteiger partial charge in [0.1, 0.15) is 28.9 Å². The van der Waals surface area contributed by atoms with Crippen LogP contribution in [0.2, 0.25) is 0 Å². The van der Waals surface area contributed by atoms with Gasteiger partial charge < -0.3 is 19.2 Å². The van der Waals surface area contributed by atoms with E-state index in [0.717, 1.165) is 11.3 Å². The Morgan fingerprint density at radius 3 is 2.39 bits per heavy atom. The molecule has 1 amide bonds. The molecule has 0 bridgehead atoms. The van der Waals surface area contributed by atoms with Gasteiger partial charge in [-0.05, 0) is 67.6 Å². The monoisotopic (exact) mass is 416 g/mol. The Kier molecular flexibility index (Phi) is 6.86. The third-order valence-corrected chi connectivity index (χ3v) is 4.31. The summed E-state index contributed by atoms with van der Waals surface area (Å²) in [5.41, 5.74) is 1.53. The lowest BCUT2D eigenvalue weighted by atomic mass is 10.1. The summed E-state index contributed by atoms with van der Waals surface area (Å²) in [6.45, 7) is 2.00. The van der Waals surface area contributed by atoms with Crippen LogP contribution in [0.1, 0.15) is 23.0 Å². The van der Waals surface area contributed by atoms with Gasteiger partial charge in [-0.1, -0.05) is 0 Å². The van der Waals surface area contributed by atoms with Gasteiger partial charge >= 0.3 is 5.97 Å². The lowest BCUT2D eigenvalue weighted by Gasteiger charge is -2.06. The molecule has 31 heavy (non-hydrogen) atoms. The van der Waals surface area contributed by atoms with E-state index in [1.165, 1.54) is 18.2 Å². The number of hydrogen-bond acceptors (Lipinski definition) is 6. The van der Waals surface area contributed by atoms with Crippen molar-refractivity contribution in [2.45, 2.75) is 6.92 Å². The molecule has 0 spiro atoms. The molecule has 7 heteroatoms. The number of nitrogens with zero attached hydrogens (tertiary/aromatic N) is 1. The van der Waals surface area contributed by atoms with E-state index < -0.39 is 11.9 Å². The first-order valence-electron chi connectivity index (χ1n) is 9.48. The van der Waals surface area contributed by atoms with Crippen LogP contribution in [0.25, 0.3) is 17.4 Å². The number of nitriles is 1. The zero-order valence-corrected chi connectivity index (χ0v) is 17.0. The first-order valence-corrected chi connectivity index (χ1v) is 9.48. The molecule has 3 aromatic rings. The molecule has 2 aromatic carbocycles. The number of benzene rings is 2. The third-order valence-electron chi connectivity index (χ3n) is 4.31. The van der Waals surface area contributed by atoms with Gasteiger partial charge in [-0.3, -0.25) is 4.79 Å². The fourth-order valence-corrected chi connectivity index (χ4v) is 2.73. The molecule has 0 radical (unpaired) electrons. The Balaban J connectivity index is 1.71. The number of esters is 1. The van der Waals surface area contributed by atoms with Crippen LogP contribution in [-0.4, -0.2) is 25.6 Å². The molecular weight excluding hydrogens is 396 g/mol. The Hall–Kier alpha value is -4.31. The van der Waals surface area contributed by atoms with Crippen LogP contribution in [-0.2, 0) is 9.53 Å². The summed E-state index contributed by atoms with van der Waals surface area (Å²) >= 11 is 0. The minimum Gasteiger partial charge on any atom is -0.497 e. The molecule has 156 valence electrons. The van der Waals surface area contributed by atoms with Crippen molar-refractivity contribution in [2.75, 3.05) is 19.0 Å². The Morgan fingerprint density at radius 1 is 1.06 bits per heavy atom. The van der Waals surface area contributed by atoms with Gasteiger partial charge in [0.05, 0.1) is 19.3 Å². The second-order valence-corrected chi connectivity index (χ2v) is 6.35. The second-order valence-electron chi connectivity index (χ2n) is 6.35. The standard InChI is InChI=1S/C24H20N2O5/c1-3-30-24(28)17-4-8-19(9-5-17)26-23(27)18(15-25)14-21-12-13-22(31-21)16-6-10-20(29-2)11-7-16/h4-14H,3H2,1-2H3,(H,26,27)/b18-14+. The van der Waals surface area contributed by atoms with Crippen LogP contribution >= 0.6 is 0 Å². The highest BCUT2D eigenvalue weighted by Gasteiger charge is 2.13. The summed E-state index contributed by atoms with van der Waals surface area (Å²) in [6, 6.07) is 18.8. The molecule has 0 saturated carbocycles. The molecular formula is C24H20N2O5. The number of carbonyl (C=O) groups is 2. The summed E-state index contributed by atoms with van der Waals surface area (Å²) < 4.78 is 15.8. The second kappa shape index (κ2) is 9.94. The molecule has 3 rings (SSSR count). The molecule has 0 aliphatic carbocycles. The average Bonchev–Trinajstić information content (AvgIpc) is 3.26. The van der Waals surface area contributed by atoms with Crippen LogP contribution < -0.4 is 10.1 Å². The van der Waals surface area contributed by atoms with Crippen molar-refractivity contribution in [3.63, 3.8) is 0 Å². The molecule has 0 saturated heterocycles. The highest BCUT2D eigenvalue weighted by Crippen LogP contribution is 2.25. The number of nitrogens with one attached hydrogen (secondary N) is 1. The lowest BCUT2D eigenvalue weighted by Crippen LogP contribution is -2.13. The molecule has 0 aliphatic rings. The number of rotatable bonds is 7. The fourth-order valence-electron chi connectivity index (χ4n) is 2.73. The van der Waals surface area contributed by atoms with E-state index >= 15 is 0 Å². The summed E-state index contributed by atoms with van der Waals surface area (Å²) in [7, 11) is 1.59. The highest BCUT2D eigenvalue weighted by atomic mass is 16.5. The van der Waals surface area contributed by atoms with Crippen LogP contribution in [0, 0.1) is 11.3 Å². The number of methoxy groups -OCH3 is 1. The van der Waals surface area contributed by atoms with Crippen molar-refractivity contribution in [1.29, 1.82) is 5.26 Å². The van der Waals surface area contributed by atoms with Crippen LogP contribution in [0.15, 0.2) is 70.7 Å². The van der Waals surface area contributed by atoms with Gasteiger partial charge in [0.25, 0.3) is 5.91 Å². The number of amides is 1. The normalized spacial score (nSPS) is 10.8. The number of hydrogen-bond donors (Lipinski definition) is 1. The van der Waals surface area contributed by atoms with Crippen molar-refractivity contribution < 1.29 is 23.5 Å². The van der Waals surface area contributed by atoms with E-state index in [1.807, 2.05) is 30.3 Å². The number of furan rings is 1. The van der Waals surface area contributed by atoms with Crippen LogP contribution in [0.4, 0.5) is 5.69 Å². The molecule has 1 N–H and O–H groups in total. The van der Waals surface area contributed by atoms with E-state index in [9.17, 15) is 14.9 Å². The first-order chi connectivity index (χ1) is 15.0. The molecule has 0 atom stereocenters. The molecule has 0 fully saturated rings. The Labute approximate surface area is 179 Å². The van der Waals surface area contributed by atoms with Gasteiger partial charge in [0.2, 0.25) is 0 Å². The lowest BCUT2D eigenvalue weighted by molar-refractivity contribution is -0.112. The number of ether oxygens (including phenoxy) is 2. The van der Waals surface area contributed by atoms with E-state index in [4.69, 9.17) is 13.9 Å². The topological polar surface area (TPSA) is 102 Å². The van der Waals surface area contributed by atoms with Gasteiger partial charge in [0, 0.05) is 17.3 Å². The zero-order valence-electron chi connectivity index (χ0n) is 17.0. The molecule has 7 nitrogen and oxygen atoms in total. The summed E-state index contributed by atoms with van der Waals surface area (Å²) in [6.07, 6.45) is 1.37. The predicted octanol–water partition coefficient (Wildman–Crippen LogP) is 4.68. The van der Waals surface area contributed by atoms with Gasteiger partial charge in [-0.2, -0.15) is 5.26 Å². The molecule has 0 aliphatic heterocycles. The van der Waals surface area contributed by atoms with Gasteiger partial charge in [-0.25, -0.2) is 4.79 Å². The van der Waals surface area contributed by atoms with Crippen molar-refractivity contribution >= 4 is 23.6 Å². The van der Waals surface area contributed by atoms with Crippen molar-refractivity contribution in [2.24, 2.45) is 0 Å². The Morgan fingerprint density at radius 2 is 1.77 bits per heavy atom. The third kappa shape index (κ3) is 5.40. The molecule has 0 unspecified atom stereocenters. The van der Waals surface area contributed by atoms with E-state index in [-0.39, 0.29) is 12.2 Å². The largest absolute Gasteiger partial charge is 0.497 e. The SMILES string of the molecule is CCOC(=O)c1ccc(NC(=O)/C(C#N)=C/c2ccc(-c3ccc(OC)cc3)o2)cc1. The van der Waals surface area contributed by atoms with E-state index in [0.29, 0.717) is 22.8 Å². The smallest absolute Gasteiger partial charge is 0.338 e. The zero-order chi connectivity index (χ0) is 22.2. The maximum absolute atomic E-state index is 12.5. The summed E-state index contributed by atoms with van der Waals surface area (Å²) in [4.78, 5) is 24.2. The summed E-state index contributed by atoms with van der Waals surface area (Å²) in [5.74, 6) is 0.669. The number of carbonyl (C=O) groups excluding carboxylic acids is 2. The maximum Gasteiger partial charge on any atom is 0.338 e. The minimum absolute atomic E-state index is 0.120. The first kappa shape index (κ1) is 21.4. The quantitative estimate of drug-likeness (QED) is 0.341. The minimum atomic E-state index is -0.589. The van der Waals surface area contributed by atoms with Crippen LogP contribution in [0.5, 0.6) is 5.75 Å². The molecule has 1 aromatic heterocycles. The average molecular weight is 416 g/mol. The van der Waals surface area contributed by atoms with Gasteiger partial charge in [-0.15, -0.1) is 0 Å². The van der Waals surface area contributed by atoms with E-state index in [2.05, 4.69) is 5.32 Å². The Bertz CT molecular complexity index is 1140. The highest BCUT2D eigenvalue weighted by molar-refractivity contribution is 6.09. The fraction of sp³-hybridized carbons (Fsp3) is 0.125. The van der Waals surface area contributed by atoms with Crippen LogP contribution in [0.3, 0.4) is 0 Å².